The fourth-order valence-corrected chi connectivity index (χ4v) is 7.19. The molecule has 0 spiro atoms. The molecule has 6 aromatic rings. The van der Waals surface area contributed by atoms with E-state index in [9.17, 15) is 0 Å². The molecule has 2 aliphatic rings. The summed E-state index contributed by atoms with van der Waals surface area (Å²) in [7, 11) is 2.18. The highest BCUT2D eigenvalue weighted by Gasteiger charge is 2.57. The zero-order chi connectivity index (χ0) is 28.2. The number of anilines is 4. The Morgan fingerprint density at radius 3 is 1.74 bits per heavy atom. The Kier molecular flexibility index (Phi) is 5.75. The maximum atomic E-state index is 2.64. The van der Waals surface area contributed by atoms with Crippen molar-refractivity contribution >= 4 is 29.7 Å². The van der Waals surface area contributed by atoms with Crippen molar-refractivity contribution in [2.45, 2.75) is 12.7 Å². The molecule has 0 bridgehead atoms. The summed E-state index contributed by atoms with van der Waals surface area (Å²) < 4.78 is 2.30. The molecule has 0 radical (unpaired) electrons. The molecule has 0 aliphatic carbocycles. The van der Waals surface area contributed by atoms with Crippen LogP contribution in [0.5, 0.6) is 0 Å². The van der Waals surface area contributed by atoms with Gasteiger partial charge in [-0.05, 0) is 47.4 Å². The van der Waals surface area contributed by atoms with Crippen molar-refractivity contribution in [1.29, 1.82) is 0 Å². The first-order valence-electron chi connectivity index (χ1n) is 14.7. The van der Waals surface area contributed by atoms with Crippen LogP contribution in [0, 0.1) is 6.92 Å². The van der Waals surface area contributed by atoms with Crippen LogP contribution in [0.4, 0.5) is 22.7 Å². The van der Waals surface area contributed by atoms with Gasteiger partial charge in [0.15, 0.2) is 11.9 Å². The topological polar surface area (TPSA) is 10.4 Å². The zero-order valence-corrected chi connectivity index (χ0v) is 23.9. The molecule has 0 saturated carbocycles. The second-order valence-corrected chi connectivity index (χ2v) is 11.3. The lowest BCUT2D eigenvalue weighted by Crippen LogP contribution is -2.48. The lowest BCUT2D eigenvalue weighted by molar-refractivity contribution is -0.679. The van der Waals surface area contributed by atoms with Crippen LogP contribution in [-0.4, -0.2) is 6.98 Å². The van der Waals surface area contributed by atoms with E-state index in [2.05, 4.69) is 174 Å². The molecule has 0 saturated heterocycles. The van der Waals surface area contributed by atoms with Gasteiger partial charge in [0.1, 0.15) is 7.05 Å². The Bertz CT molecular complexity index is 1880. The summed E-state index contributed by atoms with van der Waals surface area (Å²) in [4.78, 5) is 5.23. The minimum atomic E-state index is 0.0272. The second-order valence-electron chi connectivity index (χ2n) is 11.3. The van der Waals surface area contributed by atoms with Crippen LogP contribution < -0.4 is 14.2 Å². The highest BCUT2D eigenvalue weighted by atomic mass is 15.3. The largest absolute Gasteiger partial charge is 0.403 e. The van der Waals surface area contributed by atoms with Crippen molar-refractivity contribution in [2.24, 2.45) is 7.05 Å². The molecule has 3 nitrogen and oxygen atoms in total. The molecule has 4 heteroatoms. The molecular weight excluding hydrogens is 509 g/mol. The molecule has 8 rings (SSSR count). The van der Waals surface area contributed by atoms with Crippen LogP contribution in [-0.2, 0) is 7.05 Å². The Balaban J connectivity index is 1.47. The van der Waals surface area contributed by atoms with E-state index in [0.717, 1.165) is 0 Å². The van der Waals surface area contributed by atoms with Crippen LogP contribution in [0.25, 0.3) is 22.3 Å². The minimum Gasteiger partial charge on any atom is -0.363 e. The maximum absolute atomic E-state index is 2.64. The minimum absolute atomic E-state index is 0.0272. The summed E-state index contributed by atoms with van der Waals surface area (Å²) >= 11 is 0. The first-order valence-corrected chi connectivity index (χ1v) is 14.7. The summed E-state index contributed by atoms with van der Waals surface area (Å²) in [5.41, 5.74) is 14.0. The van der Waals surface area contributed by atoms with E-state index in [0.29, 0.717) is 0 Å². The predicted molar refractivity (Wildman–Crippen MR) is 174 cm³/mol. The van der Waals surface area contributed by atoms with Crippen molar-refractivity contribution in [3.63, 3.8) is 0 Å². The average Bonchev–Trinajstić information content (AvgIpc) is 3.55. The summed E-state index contributed by atoms with van der Waals surface area (Å²) in [5, 5.41) is 0. The molecule has 0 N–H and O–H groups in total. The van der Waals surface area contributed by atoms with Crippen molar-refractivity contribution < 1.29 is 4.57 Å². The highest BCUT2D eigenvalue weighted by molar-refractivity contribution is 6.77. The van der Waals surface area contributed by atoms with Gasteiger partial charge in [0, 0.05) is 34.6 Å². The van der Waals surface area contributed by atoms with Crippen LogP contribution in [0.1, 0.15) is 22.6 Å². The number of hydrogen-bond donors (Lipinski definition) is 0. The monoisotopic (exact) mass is 540 g/mol. The van der Waals surface area contributed by atoms with E-state index in [1.54, 1.807) is 0 Å². The normalized spacial score (nSPS) is 15.0. The number of aryl methyl sites for hydroxylation is 2. The van der Waals surface area contributed by atoms with Gasteiger partial charge in [-0.1, -0.05) is 109 Å². The molecule has 1 aromatic heterocycles. The van der Waals surface area contributed by atoms with E-state index in [4.69, 9.17) is 0 Å². The number of benzene rings is 5. The lowest BCUT2D eigenvalue weighted by Gasteiger charge is -2.32. The summed E-state index contributed by atoms with van der Waals surface area (Å²) in [5.74, 6) is 0.132. The third-order valence-corrected chi connectivity index (χ3v) is 8.96. The van der Waals surface area contributed by atoms with Crippen LogP contribution in [0.2, 0.25) is 0 Å². The van der Waals surface area contributed by atoms with Gasteiger partial charge >= 0.3 is 6.98 Å². The Hall–Kier alpha value is -5.09. The quantitative estimate of drug-likeness (QED) is 0.164. The van der Waals surface area contributed by atoms with Gasteiger partial charge < -0.3 is 9.62 Å². The Morgan fingerprint density at radius 1 is 0.548 bits per heavy atom. The number of aromatic nitrogens is 1. The molecule has 3 heterocycles. The number of para-hydroxylation sites is 3. The number of nitrogens with zero attached hydrogens (tertiary/aromatic N) is 3. The molecule has 200 valence electrons. The second kappa shape index (κ2) is 9.78. The average molecular weight is 540 g/mol. The zero-order valence-electron chi connectivity index (χ0n) is 23.9. The molecule has 1 atom stereocenters. The predicted octanol–water partition coefficient (Wildman–Crippen LogP) is 8.62. The maximum Gasteiger partial charge on any atom is 0.403 e. The van der Waals surface area contributed by atoms with E-state index in [1.807, 2.05) is 0 Å². The first kappa shape index (κ1) is 24.7. The molecular formula is C38H31BN3+. The van der Waals surface area contributed by atoms with Gasteiger partial charge in [-0.2, -0.15) is 0 Å². The SMILES string of the molecule is Cc1cccc2c1C(c1cccc[n+]1C)B1N2c2ccccc2N1c1c(-c2ccccc2)cccc1-c1ccccc1. The molecule has 0 fully saturated rings. The van der Waals surface area contributed by atoms with E-state index in [1.165, 1.54) is 61.8 Å². The Labute approximate surface area is 248 Å². The summed E-state index contributed by atoms with van der Waals surface area (Å²) in [6, 6.07) is 50.7. The van der Waals surface area contributed by atoms with Gasteiger partial charge in [-0.3, -0.25) is 0 Å². The van der Waals surface area contributed by atoms with Gasteiger partial charge in [-0.25, -0.2) is 4.57 Å². The molecule has 0 amide bonds. The van der Waals surface area contributed by atoms with E-state index >= 15 is 0 Å². The number of rotatable bonds is 4. The van der Waals surface area contributed by atoms with Crippen molar-refractivity contribution in [3.05, 3.63) is 163 Å². The third kappa shape index (κ3) is 3.65. The summed E-state index contributed by atoms with van der Waals surface area (Å²) in [6.07, 6.45) is 2.18. The van der Waals surface area contributed by atoms with E-state index < -0.39 is 0 Å². The molecule has 5 aromatic carbocycles. The smallest absolute Gasteiger partial charge is 0.363 e. The number of pyridine rings is 1. The van der Waals surface area contributed by atoms with Crippen molar-refractivity contribution in [1.82, 2.24) is 0 Å². The van der Waals surface area contributed by atoms with Crippen LogP contribution >= 0.6 is 0 Å². The standard InChI is InChI=1S/C38H31BN3/c1-27-15-13-25-34-36(27)37(35-24-11-12-26-40(35)2)39-41(34)32-22-9-10-23-33(32)42(39)38-30(28-16-5-3-6-17-28)20-14-21-31(38)29-18-7-4-8-19-29/h3-26,37H,1-2H3/q+1. The van der Waals surface area contributed by atoms with E-state index in [-0.39, 0.29) is 12.8 Å². The van der Waals surface area contributed by atoms with Gasteiger partial charge in [0.05, 0.1) is 17.2 Å². The molecule has 1 unspecified atom stereocenters. The van der Waals surface area contributed by atoms with Gasteiger partial charge in [0.25, 0.3) is 0 Å². The lowest BCUT2D eigenvalue weighted by atomic mass is 9.58. The fraction of sp³-hybridized carbons (Fsp3) is 0.0789. The van der Waals surface area contributed by atoms with Crippen LogP contribution in [0.3, 0.4) is 0 Å². The number of fused-ring (bicyclic) bond motifs is 5. The highest BCUT2D eigenvalue weighted by Crippen LogP contribution is 2.59. The van der Waals surface area contributed by atoms with Gasteiger partial charge in [-0.15, -0.1) is 0 Å². The molecule has 42 heavy (non-hydrogen) atoms. The summed E-state index contributed by atoms with van der Waals surface area (Å²) in [6.45, 7) is 2.29. The fourth-order valence-electron chi connectivity index (χ4n) is 7.19. The van der Waals surface area contributed by atoms with Crippen molar-refractivity contribution in [3.8, 4) is 22.3 Å². The number of hydrogen-bond acceptors (Lipinski definition) is 2. The van der Waals surface area contributed by atoms with Crippen molar-refractivity contribution in [2.75, 3.05) is 9.62 Å². The van der Waals surface area contributed by atoms with Gasteiger partial charge in [0.2, 0.25) is 0 Å². The third-order valence-electron chi connectivity index (χ3n) is 8.96. The first-order chi connectivity index (χ1) is 20.7. The van der Waals surface area contributed by atoms with Crippen LogP contribution in [0.15, 0.2) is 146 Å². The molecule has 2 aliphatic heterocycles. The Morgan fingerprint density at radius 2 is 1.10 bits per heavy atom.